The first kappa shape index (κ1) is 23.4. The second kappa shape index (κ2) is 8.60. The van der Waals surface area contributed by atoms with Gasteiger partial charge in [0.05, 0.1) is 51.0 Å². The average molecular weight is 549 g/mol. The SMILES string of the molecule is N#Cc1ccc2c(c1)c1ccccc1n2-c1cccc2c1oc1ccc(-n3c4ccccc4c4ccc(C#N)cc43)cc12. The molecule has 0 N–H and O–H groups in total. The van der Waals surface area contributed by atoms with Crippen molar-refractivity contribution in [3.8, 4) is 23.5 Å². The molecule has 0 aliphatic rings. The van der Waals surface area contributed by atoms with Gasteiger partial charge >= 0.3 is 0 Å². The number of hydrogen-bond donors (Lipinski definition) is 0. The van der Waals surface area contributed by atoms with E-state index in [-0.39, 0.29) is 0 Å². The maximum Gasteiger partial charge on any atom is 0.159 e. The molecule has 0 fully saturated rings. The Hall–Kier alpha value is -6.30. The van der Waals surface area contributed by atoms with Gasteiger partial charge in [-0.25, -0.2) is 0 Å². The fourth-order valence-electron chi connectivity index (χ4n) is 6.71. The highest BCUT2D eigenvalue weighted by molar-refractivity contribution is 6.14. The first-order valence-electron chi connectivity index (χ1n) is 14.1. The lowest BCUT2D eigenvalue weighted by atomic mass is 10.1. The van der Waals surface area contributed by atoms with Crippen LogP contribution in [0.4, 0.5) is 0 Å². The third kappa shape index (κ3) is 3.19. The van der Waals surface area contributed by atoms with E-state index in [0.717, 1.165) is 76.9 Å². The van der Waals surface area contributed by atoms with Gasteiger partial charge in [-0.3, -0.25) is 0 Å². The van der Waals surface area contributed by atoms with Crippen LogP contribution in [-0.4, -0.2) is 9.13 Å². The zero-order chi connectivity index (χ0) is 28.7. The summed E-state index contributed by atoms with van der Waals surface area (Å²) in [6.07, 6.45) is 0. The standard InChI is InChI=1S/C38H20N4O/c39-21-23-13-16-34-30(18-23)27-7-2-4-10-33(27)42(34)35-11-5-8-29-31-20-25(14-17-37(31)43-38(29)35)41-32-9-3-1-6-26(32)28-15-12-24(22-40)19-36(28)41/h1-20H. The van der Waals surface area contributed by atoms with E-state index in [1.54, 1.807) is 0 Å². The lowest BCUT2D eigenvalue weighted by molar-refractivity contribution is 0.666. The van der Waals surface area contributed by atoms with Crippen molar-refractivity contribution >= 4 is 65.6 Å². The molecule has 0 aliphatic carbocycles. The Kier molecular flexibility index (Phi) is 4.68. The highest BCUT2D eigenvalue weighted by atomic mass is 16.3. The van der Waals surface area contributed by atoms with Crippen LogP contribution in [-0.2, 0) is 0 Å². The van der Waals surface area contributed by atoms with E-state index < -0.39 is 0 Å². The zero-order valence-corrected chi connectivity index (χ0v) is 22.7. The minimum absolute atomic E-state index is 0.629. The molecule has 3 heterocycles. The Morgan fingerprint density at radius 1 is 0.465 bits per heavy atom. The Morgan fingerprint density at radius 3 is 1.93 bits per heavy atom. The van der Waals surface area contributed by atoms with Gasteiger partial charge in [-0.2, -0.15) is 10.5 Å². The minimum atomic E-state index is 0.629. The number of benzene rings is 6. The molecule has 6 aromatic carbocycles. The number of nitrogens with zero attached hydrogens (tertiary/aromatic N) is 4. The van der Waals surface area contributed by atoms with Crippen LogP contribution in [0.2, 0.25) is 0 Å². The average Bonchev–Trinajstić information content (AvgIpc) is 3.71. The number of furan rings is 1. The fourth-order valence-corrected chi connectivity index (χ4v) is 6.71. The number of fused-ring (bicyclic) bond motifs is 9. The van der Waals surface area contributed by atoms with Gasteiger partial charge in [0.15, 0.2) is 5.58 Å². The topological polar surface area (TPSA) is 70.6 Å². The van der Waals surface area contributed by atoms with E-state index in [0.29, 0.717) is 11.1 Å². The Morgan fingerprint density at radius 2 is 1.12 bits per heavy atom. The molecule has 0 atom stereocenters. The summed E-state index contributed by atoms with van der Waals surface area (Å²) in [5, 5.41) is 25.6. The molecule has 5 nitrogen and oxygen atoms in total. The number of hydrogen-bond acceptors (Lipinski definition) is 3. The highest BCUT2D eigenvalue weighted by Gasteiger charge is 2.19. The lowest BCUT2D eigenvalue weighted by Crippen LogP contribution is -1.94. The third-order valence-corrected chi connectivity index (χ3v) is 8.56. The zero-order valence-electron chi connectivity index (χ0n) is 22.7. The smallest absolute Gasteiger partial charge is 0.159 e. The summed E-state index contributed by atoms with van der Waals surface area (Å²) < 4.78 is 11.1. The molecule has 0 spiro atoms. The van der Waals surface area contributed by atoms with E-state index >= 15 is 0 Å². The van der Waals surface area contributed by atoms with Crippen molar-refractivity contribution in [2.24, 2.45) is 0 Å². The summed E-state index contributed by atoms with van der Waals surface area (Å²) in [6.45, 7) is 0. The largest absolute Gasteiger partial charge is 0.454 e. The van der Waals surface area contributed by atoms with Gasteiger partial charge in [0, 0.05) is 38.0 Å². The summed E-state index contributed by atoms with van der Waals surface area (Å²) in [4.78, 5) is 0. The number of aromatic nitrogens is 2. The molecular formula is C38H20N4O. The summed E-state index contributed by atoms with van der Waals surface area (Å²) in [7, 11) is 0. The molecule has 0 bridgehead atoms. The molecule has 0 unspecified atom stereocenters. The van der Waals surface area contributed by atoms with Gasteiger partial charge < -0.3 is 13.6 Å². The van der Waals surface area contributed by atoms with Crippen molar-refractivity contribution in [1.29, 1.82) is 10.5 Å². The second-order valence-electron chi connectivity index (χ2n) is 10.8. The quantitative estimate of drug-likeness (QED) is 0.216. The van der Waals surface area contributed by atoms with Crippen LogP contribution in [0.1, 0.15) is 11.1 Å². The van der Waals surface area contributed by atoms with Gasteiger partial charge in [0.2, 0.25) is 0 Å². The molecular weight excluding hydrogens is 528 g/mol. The van der Waals surface area contributed by atoms with Crippen LogP contribution in [0.15, 0.2) is 126 Å². The van der Waals surface area contributed by atoms with E-state index in [9.17, 15) is 10.5 Å². The Bertz CT molecular complexity index is 2710. The van der Waals surface area contributed by atoms with Crippen molar-refractivity contribution < 1.29 is 4.42 Å². The van der Waals surface area contributed by atoms with Crippen molar-refractivity contribution in [2.45, 2.75) is 0 Å². The van der Waals surface area contributed by atoms with Gasteiger partial charge in [0.1, 0.15) is 5.58 Å². The normalized spacial score (nSPS) is 11.7. The number of para-hydroxylation sites is 3. The fraction of sp³-hybridized carbons (Fsp3) is 0. The molecule has 9 rings (SSSR count). The first-order chi connectivity index (χ1) is 21.2. The number of rotatable bonds is 2. The summed E-state index contributed by atoms with van der Waals surface area (Å²) >= 11 is 0. The monoisotopic (exact) mass is 548 g/mol. The predicted octanol–water partition coefficient (Wildman–Crippen LogP) is 9.52. The van der Waals surface area contributed by atoms with Crippen LogP contribution in [0.3, 0.4) is 0 Å². The highest BCUT2D eigenvalue weighted by Crippen LogP contribution is 2.40. The first-order valence-corrected chi connectivity index (χ1v) is 14.1. The minimum Gasteiger partial charge on any atom is -0.454 e. The molecule has 9 aromatic rings. The summed E-state index contributed by atoms with van der Waals surface area (Å²) in [6, 6.07) is 45.5. The van der Waals surface area contributed by atoms with Crippen molar-refractivity contribution in [1.82, 2.24) is 9.13 Å². The summed E-state index contributed by atoms with van der Waals surface area (Å²) in [5.41, 5.74) is 8.98. The maximum absolute atomic E-state index is 9.64. The summed E-state index contributed by atoms with van der Waals surface area (Å²) in [5.74, 6) is 0. The van der Waals surface area contributed by atoms with E-state index in [4.69, 9.17) is 4.42 Å². The van der Waals surface area contributed by atoms with E-state index in [1.165, 1.54) is 0 Å². The van der Waals surface area contributed by atoms with Crippen molar-refractivity contribution in [3.05, 3.63) is 132 Å². The molecule has 0 amide bonds. The second-order valence-corrected chi connectivity index (χ2v) is 10.8. The van der Waals surface area contributed by atoms with Gasteiger partial charge in [-0.05, 0) is 66.7 Å². The van der Waals surface area contributed by atoms with Crippen LogP contribution in [0.25, 0.3) is 76.9 Å². The lowest BCUT2D eigenvalue weighted by Gasteiger charge is -2.09. The predicted molar refractivity (Wildman–Crippen MR) is 172 cm³/mol. The number of nitriles is 2. The van der Waals surface area contributed by atoms with Gasteiger partial charge in [0.25, 0.3) is 0 Å². The molecule has 0 radical (unpaired) electrons. The third-order valence-electron chi connectivity index (χ3n) is 8.56. The molecule has 0 saturated carbocycles. The maximum atomic E-state index is 9.64. The molecule has 3 aromatic heterocycles. The molecule has 0 aliphatic heterocycles. The Balaban J connectivity index is 1.33. The van der Waals surface area contributed by atoms with Crippen LogP contribution in [0, 0.1) is 22.7 Å². The van der Waals surface area contributed by atoms with Gasteiger partial charge in [-0.15, -0.1) is 0 Å². The molecule has 0 saturated heterocycles. The van der Waals surface area contributed by atoms with Crippen molar-refractivity contribution in [3.63, 3.8) is 0 Å². The van der Waals surface area contributed by atoms with E-state index in [2.05, 4.69) is 81.9 Å². The molecule has 43 heavy (non-hydrogen) atoms. The molecule has 5 heteroatoms. The van der Waals surface area contributed by atoms with E-state index in [1.807, 2.05) is 60.7 Å². The molecule has 198 valence electrons. The van der Waals surface area contributed by atoms with Crippen LogP contribution in [0.5, 0.6) is 0 Å². The van der Waals surface area contributed by atoms with Crippen LogP contribution < -0.4 is 0 Å². The van der Waals surface area contributed by atoms with Crippen LogP contribution >= 0.6 is 0 Å². The van der Waals surface area contributed by atoms with Crippen molar-refractivity contribution in [2.75, 3.05) is 0 Å². The Labute approximate surface area is 245 Å². The van der Waals surface area contributed by atoms with Gasteiger partial charge in [-0.1, -0.05) is 54.6 Å².